The molecule has 1 rings (SSSR count). The van der Waals surface area contributed by atoms with Crippen LogP contribution in [0.1, 0.15) is 32.1 Å². The molecule has 1 N–H and O–H groups in total. The number of ether oxygens (including phenoxy) is 1. The van der Waals surface area contributed by atoms with Crippen molar-refractivity contribution in [2.75, 3.05) is 19.7 Å². The van der Waals surface area contributed by atoms with E-state index in [1.807, 2.05) is 0 Å². The Bertz CT molecular complexity index is 258. The molecule has 1 aliphatic rings. The van der Waals surface area contributed by atoms with E-state index in [4.69, 9.17) is 10.3 Å². The molecule has 16 heavy (non-hydrogen) atoms. The first kappa shape index (κ1) is 12.8. The van der Waals surface area contributed by atoms with Gasteiger partial charge in [-0.2, -0.15) is 0 Å². The maximum Gasteiger partial charge on any atom is 0.220 e. The van der Waals surface area contributed by atoms with E-state index in [-0.39, 0.29) is 12.0 Å². The van der Waals surface area contributed by atoms with Crippen LogP contribution in [0.25, 0.3) is 10.4 Å². The summed E-state index contributed by atoms with van der Waals surface area (Å²) in [7, 11) is 0. The van der Waals surface area contributed by atoms with Crippen LogP contribution in [-0.4, -0.2) is 31.7 Å². The Hall–Kier alpha value is -1.26. The Balaban J connectivity index is 1.95. The molecule has 0 aliphatic carbocycles. The van der Waals surface area contributed by atoms with E-state index in [0.29, 0.717) is 25.9 Å². The average molecular weight is 226 g/mol. The minimum atomic E-state index is 0.0523. The fraction of sp³-hybridized carbons (Fsp3) is 0.900. The Morgan fingerprint density at radius 1 is 1.62 bits per heavy atom. The van der Waals surface area contributed by atoms with E-state index >= 15 is 0 Å². The van der Waals surface area contributed by atoms with Crippen LogP contribution in [0, 0.1) is 0 Å². The topological polar surface area (TPSA) is 87.1 Å². The number of hydrogen-bond acceptors (Lipinski definition) is 3. The maximum atomic E-state index is 11.4. The number of nitrogens with one attached hydrogen (secondary N) is 1. The highest BCUT2D eigenvalue weighted by molar-refractivity contribution is 5.75. The first-order valence-electron chi connectivity index (χ1n) is 5.72. The molecule has 1 atom stereocenters. The lowest BCUT2D eigenvalue weighted by molar-refractivity contribution is -0.121. The van der Waals surface area contributed by atoms with Gasteiger partial charge in [-0.1, -0.05) is 5.11 Å². The molecule has 1 amide bonds. The molecule has 0 bridgehead atoms. The highest BCUT2D eigenvalue weighted by Gasteiger charge is 2.16. The lowest BCUT2D eigenvalue weighted by Crippen LogP contribution is -2.25. The summed E-state index contributed by atoms with van der Waals surface area (Å²) in [5.41, 5.74) is 8.04. The predicted molar refractivity (Wildman–Crippen MR) is 59.8 cm³/mol. The number of amides is 1. The third-order valence-corrected chi connectivity index (χ3v) is 2.54. The lowest BCUT2D eigenvalue weighted by atomic mass is 10.1. The van der Waals surface area contributed by atoms with Crippen molar-refractivity contribution >= 4 is 5.91 Å². The molecule has 6 heteroatoms. The fourth-order valence-corrected chi connectivity index (χ4v) is 1.67. The van der Waals surface area contributed by atoms with Gasteiger partial charge in [0.05, 0.1) is 6.10 Å². The number of azide groups is 1. The van der Waals surface area contributed by atoms with Crippen molar-refractivity contribution in [2.24, 2.45) is 5.11 Å². The zero-order valence-electron chi connectivity index (χ0n) is 9.39. The molecular formula is C10H18N4O2. The largest absolute Gasteiger partial charge is 0.378 e. The smallest absolute Gasteiger partial charge is 0.220 e. The zero-order chi connectivity index (χ0) is 11.6. The highest BCUT2D eigenvalue weighted by atomic mass is 16.5. The van der Waals surface area contributed by atoms with E-state index < -0.39 is 0 Å². The van der Waals surface area contributed by atoms with E-state index in [2.05, 4.69) is 15.3 Å². The van der Waals surface area contributed by atoms with Gasteiger partial charge in [0.2, 0.25) is 5.91 Å². The molecule has 0 saturated carbocycles. The second kappa shape index (κ2) is 7.96. The molecular weight excluding hydrogens is 208 g/mol. The number of nitrogens with zero attached hydrogens (tertiary/aromatic N) is 3. The summed E-state index contributed by atoms with van der Waals surface area (Å²) in [4.78, 5) is 14.0. The summed E-state index contributed by atoms with van der Waals surface area (Å²) >= 11 is 0. The standard InChI is InChI=1S/C10H18N4O2/c11-14-13-7-2-6-12-10(15)5-4-9-3-1-8-16-9/h9H,1-8H2,(H,12,15). The quantitative estimate of drug-likeness (QED) is 0.310. The summed E-state index contributed by atoms with van der Waals surface area (Å²) in [5, 5.41) is 6.17. The van der Waals surface area contributed by atoms with Crippen LogP contribution in [0.15, 0.2) is 5.11 Å². The number of rotatable bonds is 7. The number of carbonyl (C=O) groups is 1. The summed E-state index contributed by atoms with van der Waals surface area (Å²) in [6.45, 7) is 1.84. The summed E-state index contributed by atoms with van der Waals surface area (Å²) in [5.74, 6) is 0.0523. The Morgan fingerprint density at radius 3 is 3.19 bits per heavy atom. The van der Waals surface area contributed by atoms with Crippen LogP contribution in [0.3, 0.4) is 0 Å². The molecule has 1 saturated heterocycles. The van der Waals surface area contributed by atoms with Crippen LogP contribution in [0.2, 0.25) is 0 Å². The molecule has 1 heterocycles. The average Bonchev–Trinajstić information content (AvgIpc) is 2.79. The van der Waals surface area contributed by atoms with Gasteiger partial charge in [0.25, 0.3) is 0 Å². The minimum absolute atomic E-state index is 0.0523. The number of hydrogen-bond donors (Lipinski definition) is 1. The van der Waals surface area contributed by atoms with Gasteiger partial charge >= 0.3 is 0 Å². The second-order valence-corrected chi connectivity index (χ2v) is 3.83. The van der Waals surface area contributed by atoms with Crippen molar-refractivity contribution in [3.8, 4) is 0 Å². The monoisotopic (exact) mass is 226 g/mol. The normalized spacial score (nSPS) is 19.1. The van der Waals surface area contributed by atoms with Crippen LogP contribution >= 0.6 is 0 Å². The summed E-state index contributed by atoms with van der Waals surface area (Å²) in [6, 6.07) is 0. The van der Waals surface area contributed by atoms with Crippen LogP contribution in [0.5, 0.6) is 0 Å². The van der Waals surface area contributed by atoms with Gasteiger partial charge in [0, 0.05) is 31.0 Å². The van der Waals surface area contributed by atoms with Crippen LogP contribution in [0.4, 0.5) is 0 Å². The summed E-state index contributed by atoms with van der Waals surface area (Å²) in [6.07, 6.45) is 4.47. The van der Waals surface area contributed by atoms with Crippen molar-refractivity contribution in [3.63, 3.8) is 0 Å². The van der Waals surface area contributed by atoms with E-state index in [1.165, 1.54) is 0 Å². The maximum absolute atomic E-state index is 11.4. The second-order valence-electron chi connectivity index (χ2n) is 3.83. The van der Waals surface area contributed by atoms with Crippen molar-refractivity contribution in [1.82, 2.24) is 5.32 Å². The lowest BCUT2D eigenvalue weighted by Gasteiger charge is -2.08. The summed E-state index contributed by atoms with van der Waals surface area (Å²) < 4.78 is 5.43. The molecule has 1 aliphatic heterocycles. The van der Waals surface area contributed by atoms with Crippen molar-refractivity contribution in [2.45, 2.75) is 38.2 Å². The van der Waals surface area contributed by atoms with E-state index in [0.717, 1.165) is 25.9 Å². The van der Waals surface area contributed by atoms with Crippen molar-refractivity contribution < 1.29 is 9.53 Å². The molecule has 0 aromatic heterocycles. The van der Waals surface area contributed by atoms with Crippen molar-refractivity contribution in [3.05, 3.63) is 10.4 Å². The SMILES string of the molecule is [N-]=[N+]=NCCCNC(=O)CCC1CCCO1. The van der Waals surface area contributed by atoms with Gasteiger partial charge in [0.1, 0.15) is 0 Å². The first-order chi connectivity index (χ1) is 7.83. The molecule has 0 aromatic carbocycles. The van der Waals surface area contributed by atoms with Gasteiger partial charge in [-0.05, 0) is 31.2 Å². The van der Waals surface area contributed by atoms with Gasteiger partial charge in [-0.3, -0.25) is 4.79 Å². The van der Waals surface area contributed by atoms with Gasteiger partial charge in [0.15, 0.2) is 0 Å². The number of carbonyl (C=O) groups excluding carboxylic acids is 1. The molecule has 6 nitrogen and oxygen atoms in total. The fourth-order valence-electron chi connectivity index (χ4n) is 1.67. The molecule has 0 aromatic rings. The Kier molecular flexibility index (Phi) is 6.37. The molecule has 90 valence electrons. The first-order valence-corrected chi connectivity index (χ1v) is 5.72. The van der Waals surface area contributed by atoms with E-state index in [1.54, 1.807) is 0 Å². The van der Waals surface area contributed by atoms with Gasteiger partial charge in [-0.25, -0.2) is 0 Å². The predicted octanol–water partition coefficient (Wildman–Crippen LogP) is 1.76. The van der Waals surface area contributed by atoms with E-state index in [9.17, 15) is 4.79 Å². The van der Waals surface area contributed by atoms with Gasteiger partial charge < -0.3 is 10.1 Å². The Morgan fingerprint density at radius 2 is 2.50 bits per heavy atom. The third kappa shape index (κ3) is 5.58. The molecule has 1 fully saturated rings. The van der Waals surface area contributed by atoms with Crippen LogP contribution < -0.4 is 5.32 Å². The van der Waals surface area contributed by atoms with Gasteiger partial charge in [-0.15, -0.1) is 0 Å². The molecule has 0 radical (unpaired) electrons. The zero-order valence-corrected chi connectivity index (χ0v) is 9.39. The van der Waals surface area contributed by atoms with Crippen LogP contribution in [-0.2, 0) is 9.53 Å². The molecule has 1 unspecified atom stereocenters. The van der Waals surface area contributed by atoms with Crippen molar-refractivity contribution in [1.29, 1.82) is 0 Å². The Labute approximate surface area is 95.0 Å². The molecule has 0 spiro atoms. The minimum Gasteiger partial charge on any atom is -0.378 e. The highest BCUT2D eigenvalue weighted by Crippen LogP contribution is 2.16. The third-order valence-electron chi connectivity index (χ3n) is 2.54.